The predicted octanol–water partition coefficient (Wildman–Crippen LogP) is 3.81. The summed E-state index contributed by atoms with van der Waals surface area (Å²) in [6.45, 7) is 1.59. The Morgan fingerprint density at radius 1 is 1.04 bits per heavy atom. The minimum Gasteiger partial charge on any atom is -0.376 e. The van der Waals surface area contributed by atoms with Crippen molar-refractivity contribution < 1.29 is 4.74 Å². The van der Waals surface area contributed by atoms with E-state index in [2.05, 4.69) is 64.1 Å². The van der Waals surface area contributed by atoms with Crippen molar-refractivity contribution in [2.75, 3.05) is 6.61 Å². The first-order valence-corrected chi connectivity index (χ1v) is 9.52. The molecule has 1 atom stereocenters. The minimum atomic E-state index is 0.244. The van der Waals surface area contributed by atoms with E-state index in [0.717, 1.165) is 36.9 Å². The van der Waals surface area contributed by atoms with Gasteiger partial charge in [0.25, 0.3) is 0 Å². The monoisotopic (exact) mass is 352 g/mol. The van der Waals surface area contributed by atoms with Crippen molar-refractivity contribution >= 4 is 11.8 Å². The summed E-state index contributed by atoms with van der Waals surface area (Å²) in [7, 11) is 0. The first kappa shape index (κ1) is 16.3. The van der Waals surface area contributed by atoms with Crippen LogP contribution in [0.2, 0.25) is 0 Å². The summed E-state index contributed by atoms with van der Waals surface area (Å²) >= 11 is 1.66. The molecule has 2 aromatic carbocycles. The molecular weight excluding hydrogens is 332 g/mol. The van der Waals surface area contributed by atoms with Gasteiger partial charge in [-0.2, -0.15) is 0 Å². The van der Waals surface area contributed by atoms with E-state index in [4.69, 9.17) is 4.74 Å². The molecule has 25 heavy (non-hydrogen) atoms. The van der Waals surface area contributed by atoms with Gasteiger partial charge in [0.15, 0.2) is 0 Å². The third-order valence-corrected chi connectivity index (χ3v) is 5.36. The second kappa shape index (κ2) is 7.80. The lowest BCUT2D eigenvalue weighted by atomic mass is 10.0. The van der Waals surface area contributed by atoms with Gasteiger partial charge in [0.2, 0.25) is 5.16 Å². The Morgan fingerprint density at radius 3 is 2.60 bits per heavy atom. The molecule has 3 aromatic rings. The van der Waals surface area contributed by atoms with Gasteiger partial charge < -0.3 is 4.74 Å². The molecule has 0 unspecified atom stereocenters. The SMILES string of the molecule is c1ccc(-c2ccc(CSc3nnnn3C[C@H]3CCCO3)cc2)cc1. The predicted molar refractivity (Wildman–Crippen MR) is 98.2 cm³/mol. The summed E-state index contributed by atoms with van der Waals surface area (Å²) in [6, 6.07) is 19.1. The maximum atomic E-state index is 5.67. The first-order chi connectivity index (χ1) is 12.4. The molecule has 1 aromatic heterocycles. The van der Waals surface area contributed by atoms with Crippen LogP contribution in [0.1, 0.15) is 18.4 Å². The second-order valence-electron chi connectivity index (χ2n) is 6.13. The summed E-state index contributed by atoms with van der Waals surface area (Å²) < 4.78 is 7.53. The highest BCUT2D eigenvalue weighted by molar-refractivity contribution is 7.98. The highest BCUT2D eigenvalue weighted by Gasteiger charge is 2.18. The lowest BCUT2D eigenvalue weighted by Crippen LogP contribution is -2.16. The highest BCUT2D eigenvalue weighted by Crippen LogP contribution is 2.24. The Bertz CT molecular complexity index is 798. The lowest BCUT2D eigenvalue weighted by molar-refractivity contribution is 0.0912. The molecule has 1 aliphatic heterocycles. The van der Waals surface area contributed by atoms with Crippen molar-refractivity contribution in [3.8, 4) is 11.1 Å². The van der Waals surface area contributed by atoms with Gasteiger partial charge in [-0.15, -0.1) is 5.10 Å². The van der Waals surface area contributed by atoms with Gasteiger partial charge in [-0.3, -0.25) is 0 Å². The highest BCUT2D eigenvalue weighted by atomic mass is 32.2. The Hall–Kier alpha value is -2.18. The zero-order chi connectivity index (χ0) is 16.9. The minimum absolute atomic E-state index is 0.244. The van der Waals surface area contributed by atoms with Gasteiger partial charge in [0.05, 0.1) is 12.6 Å². The van der Waals surface area contributed by atoms with Gasteiger partial charge >= 0.3 is 0 Å². The smallest absolute Gasteiger partial charge is 0.209 e. The lowest BCUT2D eigenvalue weighted by Gasteiger charge is -2.10. The molecule has 0 radical (unpaired) electrons. The third-order valence-electron chi connectivity index (χ3n) is 4.33. The molecule has 1 fully saturated rings. The largest absolute Gasteiger partial charge is 0.376 e. The molecule has 0 spiro atoms. The van der Waals surface area contributed by atoms with Gasteiger partial charge in [0.1, 0.15) is 0 Å². The Kier molecular flexibility index (Phi) is 5.09. The van der Waals surface area contributed by atoms with E-state index in [1.807, 2.05) is 10.7 Å². The molecule has 2 heterocycles. The molecule has 5 nitrogen and oxygen atoms in total. The number of rotatable bonds is 6. The fraction of sp³-hybridized carbons (Fsp3) is 0.316. The zero-order valence-electron chi connectivity index (χ0n) is 13.9. The summed E-state index contributed by atoms with van der Waals surface area (Å²) in [5.74, 6) is 0.848. The molecule has 128 valence electrons. The van der Waals surface area contributed by atoms with Crippen molar-refractivity contribution in [2.45, 2.75) is 36.4 Å². The van der Waals surface area contributed by atoms with Crippen LogP contribution in [0.5, 0.6) is 0 Å². The summed E-state index contributed by atoms with van der Waals surface area (Å²) in [5, 5.41) is 12.9. The number of tetrazole rings is 1. The van der Waals surface area contributed by atoms with Crippen LogP contribution in [0.4, 0.5) is 0 Å². The van der Waals surface area contributed by atoms with Crippen LogP contribution in [-0.2, 0) is 17.0 Å². The fourth-order valence-electron chi connectivity index (χ4n) is 2.97. The van der Waals surface area contributed by atoms with Crippen molar-refractivity contribution in [2.24, 2.45) is 0 Å². The molecule has 1 saturated heterocycles. The number of benzene rings is 2. The van der Waals surface area contributed by atoms with Crippen LogP contribution in [-0.4, -0.2) is 32.9 Å². The van der Waals surface area contributed by atoms with Gasteiger partial charge in [0, 0.05) is 12.4 Å². The van der Waals surface area contributed by atoms with E-state index in [0.29, 0.717) is 0 Å². The number of ether oxygens (including phenoxy) is 1. The number of thioether (sulfide) groups is 1. The summed E-state index contributed by atoms with van der Waals surface area (Å²) in [4.78, 5) is 0. The average molecular weight is 352 g/mol. The van der Waals surface area contributed by atoms with Crippen LogP contribution in [0.3, 0.4) is 0 Å². The van der Waals surface area contributed by atoms with E-state index in [9.17, 15) is 0 Å². The molecular formula is C19H20N4OS. The van der Waals surface area contributed by atoms with Crippen LogP contribution < -0.4 is 0 Å². The van der Waals surface area contributed by atoms with Crippen LogP contribution in [0.25, 0.3) is 11.1 Å². The number of nitrogens with zero attached hydrogens (tertiary/aromatic N) is 4. The van der Waals surface area contributed by atoms with Crippen molar-refractivity contribution in [3.63, 3.8) is 0 Å². The van der Waals surface area contributed by atoms with Crippen LogP contribution in [0, 0.1) is 0 Å². The molecule has 4 rings (SSSR count). The topological polar surface area (TPSA) is 52.8 Å². The molecule has 0 amide bonds. The number of hydrogen-bond donors (Lipinski definition) is 0. The third kappa shape index (κ3) is 4.08. The first-order valence-electron chi connectivity index (χ1n) is 8.53. The van der Waals surface area contributed by atoms with E-state index < -0.39 is 0 Å². The maximum absolute atomic E-state index is 5.67. The van der Waals surface area contributed by atoms with Crippen molar-refractivity contribution in [1.82, 2.24) is 20.2 Å². The maximum Gasteiger partial charge on any atom is 0.209 e. The molecule has 0 N–H and O–H groups in total. The van der Waals surface area contributed by atoms with Crippen molar-refractivity contribution in [3.05, 3.63) is 60.2 Å². The molecule has 0 saturated carbocycles. The normalized spacial score (nSPS) is 17.0. The Balaban J connectivity index is 1.38. The molecule has 1 aliphatic rings. The summed E-state index contributed by atoms with van der Waals surface area (Å²) in [5.41, 5.74) is 3.73. The van der Waals surface area contributed by atoms with E-state index in [1.165, 1.54) is 16.7 Å². The second-order valence-corrected chi connectivity index (χ2v) is 7.07. The number of aromatic nitrogens is 4. The van der Waals surface area contributed by atoms with Gasteiger partial charge in [-0.1, -0.05) is 66.4 Å². The molecule has 0 bridgehead atoms. The molecule has 0 aliphatic carbocycles. The van der Waals surface area contributed by atoms with E-state index in [1.54, 1.807) is 11.8 Å². The standard InChI is InChI=1S/C19H20N4OS/c1-2-5-16(6-3-1)17-10-8-15(9-11-17)14-25-19-20-21-22-23(19)13-18-7-4-12-24-18/h1-3,5-6,8-11,18H,4,7,12-14H2/t18-/m1/s1. The quantitative estimate of drug-likeness (QED) is 0.632. The fourth-order valence-corrected chi connectivity index (χ4v) is 3.81. The number of hydrogen-bond acceptors (Lipinski definition) is 5. The zero-order valence-corrected chi connectivity index (χ0v) is 14.7. The Labute approximate surface area is 151 Å². The van der Waals surface area contributed by atoms with Crippen LogP contribution >= 0.6 is 11.8 Å². The van der Waals surface area contributed by atoms with Gasteiger partial charge in [-0.05, 0) is 40.0 Å². The Morgan fingerprint density at radius 2 is 1.84 bits per heavy atom. The average Bonchev–Trinajstić information content (AvgIpc) is 3.34. The summed E-state index contributed by atoms with van der Waals surface area (Å²) in [6.07, 6.45) is 2.46. The van der Waals surface area contributed by atoms with E-state index in [-0.39, 0.29) is 6.10 Å². The van der Waals surface area contributed by atoms with Crippen molar-refractivity contribution in [1.29, 1.82) is 0 Å². The van der Waals surface area contributed by atoms with Crippen LogP contribution in [0.15, 0.2) is 59.8 Å². The molecule has 6 heteroatoms. The van der Waals surface area contributed by atoms with Gasteiger partial charge in [-0.25, -0.2) is 4.68 Å². The van der Waals surface area contributed by atoms with E-state index >= 15 is 0 Å².